The summed E-state index contributed by atoms with van der Waals surface area (Å²) in [5.74, 6) is -0.0275. The molecular weight excluding hydrogens is 322 g/mol. The van der Waals surface area contributed by atoms with Crippen LogP contribution < -0.4 is 0 Å². The van der Waals surface area contributed by atoms with Gasteiger partial charge in [0.05, 0.1) is 5.69 Å². The summed E-state index contributed by atoms with van der Waals surface area (Å²) in [6, 6.07) is 17.6. The van der Waals surface area contributed by atoms with Crippen molar-refractivity contribution in [2.24, 2.45) is 7.05 Å². The van der Waals surface area contributed by atoms with Crippen LogP contribution in [0.15, 0.2) is 79.3 Å². The number of allylic oxidation sites excluding steroid dienone is 1. The van der Waals surface area contributed by atoms with Crippen LogP contribution in [0.3, 0.4) is 0 Å². The van der Waals surface area contributed by atoms with Crippen molar-refractivity contribution in [3.8, 4) is 11.3 Å². The number of pyridine rings is 1. The summed E-state index contributed by atoms with van der Waals surface area (Å²) in [5.41, 5.74) is 3.37. The molecule has 0 radical (unpaired) electrons. The average Bonchev–Trinajstić information content (AvgIpc) is 3.07. The van der Waals surface area contributed by atoms with Crippen molar-refractivity contribution >= 4 is 22.6 Å². The van der Waals surface area contributed by atoms with Gasteiger partial charge < -0.3 is 0 Å². The van der Waals surface area contributed by atoms with Gasteiger partial charge >= 0.3 is 0 Å². The van der Waals surface area contributed by atoms with E-state index >= 15 is 0 Å². The summed E-state index contributed by atoms with van der Waals surface area (Å²) in [4.78, 5) is 16.6. The van der Waals surface area contributed by atoms with Crippen LogP contribution in [0.25, 0.3) is 28.1 Å². The minimum atomic E-state index is -0.0275. The first kappa shape index (κ1) is 16.0. The lowest BCUT2D eigenvalue weighted by atomic mass is 10.0. The number of nitrogens with zero attached hydrogens (tertiary/aromatic N) is 3. The van der Waals surface area contributed by atoms with Gasteiger partial charge in [-0.1, -0.05) is 36.4 Å². The molecule has 2 aromatic heterocycles. The molecule has 0 aliphatic carbocycles. The molecular formula is C22H17N3O. The van der Waals surface area contributed by atoms with Gasteiger partial charge in [-0.2, -0.15) is 5.10 Å². The lowest BCUT2D eigenvalue weighted by Crippen LogP contribution is -1.94. The van der Waals surface area contributed by atoms with Gasteiger partial charge in [-0.05, 0) is 41.1 Å². The zero-order valence-electron chi connectivity index (χ0n) is 14.3. The molecule has 4 heteroatoms. The first-order valence-electron chi connectivity index (χ1n) is 8.36. The lowest BCUT2D eigenvalue weighted by molar-refractivity contribution is 0.104. The Labute approximate surface area is 151 Å². The van der Waals surface area contributed by atoms with Crippen LogP contribution in [-0.2, 0) is 7.05 Å². The van der Waals surface area contributed by atoms with Crippen LogP contribution in [0.5, 0.6) is 0 Å². The predicted octanol–water partition coefficient (Wildman–Crippen LogP) is 4.53. The van der Waals surface area contributed by atoms with Crippen LogP contribution in [0.2, 0.25) is 0 Å². The Kier molecular flexibility index (Phi) is 4.15. The van der Waals surface area contributed by atoms with Crippen LogP contribution >= 0.6 is 0 Å². The van der Waals surface area contributed by atoms with Gasteiger partial charge in [-0.15, -0.1) is 0 Å². The van der Waals surface area contributed by atoms with E-state index in [-0.39, 0.29) is 5.78 Å². The SMILES string of the molecule is Cn1cc(/C=C/C(=O)c2ccc3ccccc3c2)c(-c2ccncc2)n1. The van der Waals surface area contributed by atoms with Crippen molar-refractivity contribution in [3.05, 3.63) is 90.4 Å². The monoisotopic (exact) mass is 339 g/mol. The number of benzene rings is 2. The summed E-state index contributed by atoms with van der Waals surface area (Å²) < 4.78 is 1.75. The first-order chi connectivity index (χ1) is 12.7. The molecule has 0 saturated carbocycles. The van der Waals surface area contributed by atoms with Crippen LogP contribution in [0.1, 0.15) is 15.9 Å². The number of hydrogen-bond acceptors (Lipinski definition) is 3. The molecule has 0 aliphatic heterocycles. The van der Waals surface area contributed by atoms with E-state index in [0.717, 1.165) is 27.6 Å². The molecule has 4 rings (SSSR count). The van der Waals surface area contributed by atoms with Crippen LogP contribution in [0, 0.1) is 0 Å². The highest BCUT2D eigenvalue weighted by atomic mass is 16.1. The van der Waals surface area contributed by atoms with Gasteiger partial charge in [-0.25, -0.2) is 0 Å². The van der Waals surface area contributed by atoms with E-state index in [0.29, 0.717) is 5.56 Å². The highest BCUT2D eigenvalue weighted by Gasteiger charge is 2.09. The Hall–Kier alpha value is -3.53. The van der Waals surface area contributed by atoms with Gasteiger partial charge in [0.15, 0.2) is 5.78 Å². The average molecular weight is 339 g/mol. The molecule has 26 heavy (non-hydrogen) atoms. The fourth-order valence-electron chi connectivity index (χ4n) is 2.97. The lowest BCUT2D eigenvalue weighted by Gasteiger charge is -2.01. The molecule has 0 saturated heterocycles. The molecule has 0 amide bonds. The Morgan fingerprint density at radius 1 is 1.00 bits per heavy atom. The summed E-state index contributed by atoms with van der Waals surface area (Å²) in [6.07, 6.45) is 8.79. The Morgan fingerprint density at radius 3 is 2.58 bits per heavy atom. The second-order valence-corrected chi connectivity index (χ2v) is 6.10. The molecule has 2 heterocycles. The number of carbonyl (C=O) groups excluding carboxylic acids is 1. The number of hydrogen-bond donors (Lipinski definition) is 0. The van der Waals surface area contributed by atoms with Crippen molar-refractivity contribution in [2.75, 3.05) is 0 Å². The van der Waals surface area contributed by atoms with Gasteiger partial charge in [0.1, 0.15) is 0 Å². The molecule has 126 valence electrons. The number of carbonyl (C=O) groups is 1. The van der Waals surface area contributed by atoms with E-state index in [1.54, 1.807) is 23.2 Å². The number of rotatable bonds is 4. The molecule has 4 nitrogen and oxygen atoms in total. The number of ketones is 1. The number of aromatic nitrogens is 3. The second-order valence-electron chi connectivity index (χ2n) is 6.10. The van der Waals surface area contributed by atoms with Crippen LogP contribution in [-0.4, -0.2) is 20.5 Å². The maximum absolute atomic E-state index is 12.6. The summed E-state index contributed by atoms with van der Waals surface area (Å²) in [7, 11) is 1.87. The number of fused-ring (bicyclic) bond motifs is 1. The molecule has 0 unspecified atom stereocenters. The molecule has 0 atom stereocenters. The van der Waals surface area contributed by atoms with Crippen molar-refractivity contribution in [2.45, 2.75) is 0 Å². The van der Waals surface area contributed by atoms with Crippen molar-refractivity contribution in [1.82, 2.24) is 14.8 Å². The molecule has 0 fully saturated rings. The Morgan fingerprint density at radius 2 is 1.77 bits per heavy atom. The van der Waals surface area contributed by atoms with Gasteiger partial charge in [-0.3, -0.25) is 14.5 Å². The maximum Gasteiger partial charge on any atom is 0.185 e. The molecule has 2 aromatic carbocycles. The second kappa shape index (κ2) is 6.76. The zero-order valence-corrected chi connectivity index (χ0v) is 14.3. The first-order valence-corrected chi connectivity index (χ1v) is 8.36. The minimum absolute atomic E-state index is 0.0275. The third kappa shape index (κ3) is 3.17. The Balaban J connectivity index is 1.64. The zero-order chi connectivity index (χ0) is 17.9. The van der Waals surface area contributed by atoms with E-state index in [2.05, 4.69) is 10.1 Å². The quantitative estimate of drug-likeness (QED) is 0.405. The van der Waals surface area contributed by atoms with Crippen molar-refractivity contribution in [1.29, 1.82) is 0 Å². The predicted molar refractivity (Wildman–Crippen MR) is 104 cm³/mol. The van der Waals surface area contributed by atoms with E-state index in [9.17, 15) is 4.79 Å². The Bertz CT molecular complexity index is 1110. The third-order valence-electron chi connectivity index (χ3n) is 4.26. The fraction of sp³-hybridized carbons (Fsp3) is 0.0455. The molecule has 0 spiro atoms. The standard InChI is InChI=1S/C22H17N3O/c1-25-15-20(22(24-25)17-10-12-23-13-11-17)8-9-21(26)19-7-6-16-4-2-3-5-18(16)14-19/h2-15H,1H3/b9-8+. The summed E-state index contributed by atoms with van der Waals surface area (Å²) in [5, 5.41) is 6.68. The molecule has 4 aromatic rings. The van der Waals surface area contributed by atoms with Crippen LogP contribution in [0.4, 0.5) is 0 Å². The van der Waals surface area contributed by atoms with E-state index in [4.69, 9.17) is 0 Å². The fourth-order valence-corrected chi connectivity index (χ4v) is 2.97. The van der Waals surface area contributed by atoms with Gasteiger partial charge in [0, 0.05) is 42.3 Å². The highest BCUT2D eigenvalue weighted by molar-refractivity contribution is 6.09. The topological polar surface area (TPSA) is 47.8 Å². The largest absolute Gasteiger partial charge is 0.289 e. The van der Waals surface area contributed by atoms with Gasteiger partial charge in [0.25, 0.3) is 0 Å². The molecule has 0 N–H and O–H groups in total. The maximum atomic E-state index is 12.6. The summed E-state index contributed by atoms with van der Waals surface area (Å²) in [6.45, 7) is 0. The smallest absolute Gasteiger partial charge is 0.185 e. The van der Waals surface area contributed by atoms with Crippen molar-refractivity contribution < 1.29 is 4.79 Å². The van der Waals surface area contributed by atoms with E-state index < -0.39 is 0 Å². The molecule has 0 bridgehead atoms. The summed E-state index contributed by atoms with van der Waals surface area (Å²) >= 11 is 0. The van der Waals surface area contributed by atoms with Crippen molar-refractivity contribution in [3.63, 3.8) is 0 Å². The third-order valence-corrected chi connectivity index (χ3v) is 4.26. The minimum Gasteiger partial charge on any atom is -0.289 e. The number of aryl methyl sites for hydroxylation is 1. The highest BCUT2D eigenvalue weighted by Crippen LogP contribution is 2.23. The molecule has 0 aliphatic rings. The normalized spacial score (nSPS) is 11.3. The van der Waals surface area contributed by atoms with Gasteiger partial charge in [0.2, 0.25) is 0 Å². The van der Waals surface area contributed by atoms with E-state index in [1.807, 2.05) is 73.9 Å². The van der Waals surface area contributed by atoms with E-state index in [1.165, 1.54) is 0 Å².